The van der Waals surface area contributed by atoms with E-state index in [2.05, 4.69) is 30.5 Å². The number of carbonyl (C=O) groups is 1. The largest absolute Gasteiger partial charge is 0.339 e. The highest BCUT2D eigenvalue weighted by Crippen LogP contribution is 2.24. The van der Waals surface area contributed by atoms with Gasteiger partial charge >= 0.3 is 0 Å². The van der Waals surface area contributed by atoms with Gasteiger partial charge in [0.15, 0.2) is 0 Å². The molecule has 6 nitrogen and oxygen atoms in total. The number of hydrogen-bond donors (Lipinski definition) is 1. The lowest BCUT2D eigenvalue weighted by atomic mass is 9.87. The topological polar surface area (TPSA) is 79.4 Å². The van der Waals surface area contributed by atoms with Gasteiger partial charge in [-0.25, -0.2) is 18.1 Å². The number of fused-ring (bicyclic) bond motifs is 1. The first-order valence-electron chi connectivity index (χ1n) is 9.75. The van der Waals surface area contributed by atoms with Crippen molar-refractivity contribution in [1.29, 1.82) is 0 Å². The fourth-order valence-electron chi connectivity index (χ4n) is 2.98. The molecule has 0 unspecified atom stereocenters. The molecular formula is C22H27N3O3S2. The summed E-state index contributed by atoms with van der Waals surface area (Å²) >= 11 is 1.55. The van der Waals surface area contributed by atoms with E-state index in [1.165, 1.54) is 0 Å². The highest BCUT2D eigenvalue weighted by molar-refractivity contribution is 7.89. The summed E-state index contributed by atoms with van der Waals surface area (Å²) in [6.45, 7) is 6.67. The van der Waals surface area contributed by atoms with Gasteiger partial charge in [0.05, 0.1) is 21.7 Å². The number of amides is 1. The molecule has 1 amide bonds. The molecule has 0 bridgehead atoms. The Hall–Kier alpha value is -2.29. The first-order chi connectivity index (χ1) is 14.1. The van der Waals surface area contributed by atoms with Gasteiger partial charge in [0, 0.05) is 20.0 Å². The molecule has 1 heterocycles. The van der Waals surface area contributed by atoms with E-state index in [9.17, 15) is 13.2 Å². The van der Waals surface area contributed by atoms with Crippen LogP contribution in [0.5, 0.6) is 0 Å². The average molecular weight is 446 g/mol. The van der Waals surface area contributed by atoms with E-state index in [1.807, 2.05) is 36.4 Å². The number of benzene rings is 2. The Labute approximate surface area is 182 Å². The van der Waals surface area contributed by atoms with Crippen molar-refractivity contribution in [2.24, 2.45) is 0 Å². The van der Waals surface area contributed by atoms with Gasteiger partial charge in [-0.05, 0) is 35.2 Å². The Morgan fingerprint density at radius 3 is 2.40 bits per heavy atom. The van der Waals surface area contributed by atoms with Gasteiger partial charge < -0.3 is 4.90 Å². The minimum absolute atomic E-state index is 0.0456. The molecule has 0 fully saturated rings. The van der Waals surface area contributed by atoms with Crippen molar-refractivity contribution < 1.29 is 13.2 Å². The van der Waals surface area contributed by atoms with Crippen molar-refractivity contribution in [2.45, 2.75) is 44.0 Å². The molecule has 0 aliphatic carbocycles. The average Bonchev–Trinajstić information content (AvgIpc) is 3.09. The number of sulfonamides is 1. The number of thiazole rings is 1. The zero-order chi connectivity index (χ0) is 21.9. The third kappa shape index (κ3) is 5.44. The van der Waals surface area contributed by atoms with E-state index in [4.69, 9.17) is 0 Å². The molecule has 8 heteroatoms. The Kier molecular flexibility index (Phi) is 6.59. The van der Waals surface area contributed by atoms with Crippen LogP contribution < -0.4 is 4.72 Å². The predicted molar refractivity (Wildman–Crippen MR) is 121 cm³/mol. The monoisotopic (exact) mass is 445 g/mol. The molecule has 2 aromatic carbocycles. The van der Waals surface area contributed by atoms with Gasteiger partial charge in [-0.2, -0.15) is 0 Å². The third-order valence-electron chi connectivity index (χ3n) is 4.80. The molecule has 0 atom stereocenters. The number of aromatic nitrogens is 1. The minimum atomic E-state index is -3.65. The lowest BCUT2D eigenvalue weighted by molar-refractivity contribution is -0.130. The maximum absolute atomic E-state index is 12.5. The van der Waals surface area contributed by atoms with Crippen LogP contribution in [0.2, 0.25) is 0 Å². The van der Waals surface area contributed by atoms with Crippen LogP contribution in [-0.2, 0) is 26.8 Å². The molecule has 0 aliphatic rings. The van der Waals surface area contributed by atoms with Gasteiger partial charge in [0.2, 0.25) is 15.9 Å². The Bertz CT molecular complexity index is 1100. The number of hydrogen-bond acceptors (Lipinski definition) is 5. The highest BCUT2D eigenvalue weighted by atomic mass is 32.2. The molecule has 160 valence electrons. The summed E-state index contributed by atoms with van der Waals surface area (Å²) in [6.07, 6.45) is 0.0840. The maximum Gasteiger partial charge on any atom is 0.240 e. The highest BCUT2D eigenvalue weighted by Gasteiger charge is 2.18. The second-order valence-electron chi connectivity index (χ2n) is 8.25. The SMILES string of the molecule is CN(Cc1nc2ccccc2s1)C(=O)CCNS(=O)(=O)c1ccc(C(C)(C)C)cc1. The molecule has 0 spiro atoms. The van der Waals surface area contributed by atoms with Gasteiger partial charge in [-0.1, -0.05) is 45.0 Å². The minimum Gasteiger partial charge on any atom is -0.339 e. The van der Waals surface area contributed by atoms with E-state index in [0.717, 1.165) is 20.8 Å². The normalized spacial score (nSPS) is 12.3. The molecular weight excluding hydrogens is 418 g/mol. The van der Waals surface area contributed by atoms with Crippen molar-refractivity contribution >= 4 is 37.5 Å². The van der Waals surface area contributed by atoms with Crippen LogP contribution in [0, 0.1) is 0 Å². The van der Waals surface area contributed by atoms with Gasteiger partial charge in [-0.15, -0.1) is 11.3 Å². The molecule has 1 N–H and O–H groups in total. The van der Waals surface area contributed by atoms with E-state index in [-0.39, 0.29) is 29.2 Å². The van der Waals surface area contributed by atoms with Crippen molar-refractivity contribution in [1.82, 2.24) is 14.6 Å². The molecule has 0 saturated heterocycles. The summed E-state index contributed by atoms with van der Waals surface area (Å²) in [5.74, 6) is -0.139. The zero-order valence-corrected chi connectivity index (χ0v) is 19.3. The lowest BCUT2D eigenvalue weighted by Crippen LogP contribution is -2.32. The summed E-state index contributed by atoms with van der Waals surface area (Å²) < 4.78 is 28.6. The quantitative estimate of drug-likeness (QED) is 0.598. The second kappa shape index (κ2) is 8.83. The van der Waals surface area contributed by atoms with E-state index >= 15 is 0 Å². The molecule has 1 aromatic heterocycles. The van der Waals surface area contributed by atoms with Gasteiger partial charge in [0.25, 0.3) is 0 Å². The number of rotatable bonds is 7. The number of para-hydroxylation sites is 1. The van der Waals surface area contributed by atoms with Crippen LogP contribution in [0.4, 0.5) is 0 Å². The Morgan fingerprint density at radius 1 is 1.10 bits per heavy atom. The fraction of sp³-hybridized carbons (Fsp3) is 0.364. The number of nitrogens with one attached hydrogen (secondary N) is 1. The van der Waals surface area contributed by atoms with Crippen LogP contribution in [0.1, 0.15) is 37.8 Å². The Morgan fingerprint density at radius 2 is 1.77 bits per heavy atom. The second-order valence-corrected chi connectivity index (χ2v) is 11.1. The van der Waals surface area contributed by atoms with Crippen molar-refractivity contribution in [2.75, 3.05) is 13.6 Å². The predicted octanol–water partition coefficient (Wildman–Crippen LogP) is 3.92. The van der Waals surface area contributed by atoms with Gasteiger partial charge in [0.1, 0.15) is 5.01 Å². The van der Waals surface area contributed by atoms with E-state index in [0.29, 0.717) is 6.54 Å². The number of carbonyl (C=O) groups excluding carboxylic acids is 1. The van der Waals surface area contributed by atoms with E-state index < -0.39 is 10.0 Å². The molecule has 0 aliphatic heterocycles. The zero-order valence-electron chi connectivity index (χ0n) is 17.7. The summed E-state index contributed by atoms with van der Waals surface area (Å²) in [5.41, 5.74) is 1.94. The molecule has 3 rings (SSSR count). The fourth-order valence-corrected chi connectivity index (χ4v) is 5.03. The smallest absolute Gasteiger partial charge is 0.240 e. The summed E-state index contributed by atoms with van der Waals surface area (Å²) in [5, 5.41) is 0.853. The standard InChI is InChI=1S/C22H27N3O3S2/c1-22(2,3)16-9-11-17(12-10-16)30(27,28)23-14-13-21(26)25(4)15-20-24-18-7-5-6-8-19(18)29-20/h5-12,23H,13-15H2,1-4H3. The lowest BCUT2D eigenvalue weighted by Gasteiger charge is -2.19. The van der Waals surface area contributed by atoms with Crippen LogP contribution in [0.15, 0.2) is 53.4 Å². The first kappa shape index (κ1) is 22.4. The summed E-state index contributed by atoms with van der Waals surface area (Å²) in [7, 11) is -1.95. The van der Waals surface area contributed by atoms with Crippen LogP contribution in [-0.4, -0.2) is 37.8 Å². The summed E-state index contributed by atoms with van der Waals surface area (Å²) in [6, 6.07) is 14.7. The van der Waals surface area contributed by atoms with Crippen LogP contribution >= 0.6 is 11.3 Å². The van der Waals surface area contributed by atoms with Crippen LogP contribution in [0.25, 0.3) is 10.2 Å². The summed E-state index contributed by atoms with van der Waals surface area (Å²) in [4.78, 5) is 18.7. The first-order valence-corrected chi connectivity index (χ1v) is 12.0. The molecule has 0 radical (unpaired) electrons. The van der Waals surface area contributed by atoms with Crippen molar-refractivity contribution in [3.63, 3.8) is 0 Å². The van der Waals surface area contributed by atoms with Crippen LogP contribution in [0.3, 0.4) is 0 Å². The maximum atomic E-state index is 12.5. The molecule has 3 aromatic rings. The van der Waals surface area contributed by atoms with Crippen molar-refractivity contribution in [3.8, 4) is 0 Å². The number of nitrogens with zero attached hydrogens (tertiary/aromatic N) is 2. The van der Waals surface area contributed by atoms with Crippen molar-refractivity contribution in [3.05, 3.63) is 59.1 Å². The Balaban J connectivity index is 1.53. The third-order valence-corrected chi connectivity index (χ3v) is 7.30. The molecule has 0 saturated carbocycles. The molecule has 30 heavy (non-hydrogen) atoms. The van der Waals surface area contributed by atoms with E-state index in [1.54, 1.807) is 35.4 Å². The van der Waals surface area contributed by atoms with Gasteiger partial charge in [-0.3, -0.25) is 4.79 Å².